The molecule has 1 aromatic heterocycles. The van der Waals surface area contributed by atoms with Crippen molar-refractivity contribution in [1.82, 2.24) is 4.90 Å². The van der Waals surface area contributed by atoms with E-state index in [1.165, 1.54) is 10.4 Å². The topological polar surface area (TPSA) is 66.6 Å². The highest BCUT2D eigenvalue weighted by Gasteiger charge is 2.54. The number of thiophene rings is 1. The molecule has 2 aromatic rings. The molecule has 0 saturated carbocycles. The average molecular weight is 355 g/mol. The lowest BCUT2D eigenvalue weighted by Gasteiger charge is -2.24. The lowest BCUT2D eigenvalue weighted by Crippen LogP contribution is -2.45. The molecule has 0 bridgehead atoms. The predicted molar refractivity (Wildman–Crippen MR) is 98.6 cm³/mol. The highest BCUT2D eigenvalue weighted by Crippen LogP contribution is 2.47. The number of likely N-dealkylation sites (tertiary alicyclic amines) is 1. The number of anilines is 1. The Morgan fingerprint density at radius 2 is 2.12 bits per heavy atom. The quantitative estimate of drug-likeness (QED) is 0.913. The number of fused-ring (bicyclic) bond motifs is 2. The van der Waals surface area contributed by atoms with Crippen LogP contribution in [0.1, 0.15) is 22.4 Å². The van der Waals surface area contributed by atoms with E-state index in [0.29, 0.717) is 6.54 Å². The summed E-state index contributed by atoms with van der Waals surface area (Å²) in [7, 11) is 0. The van der Waals surface area contributed by atoms with Crippen LogP contribution < -0.4 is 10.6 Å². The second-order valence-electron chi connectivity index (χ2n) is 6.94. The van der Waals surface area contributed by atoms with Gasteiger partial charge in [-0.3, -0.25) is 14.5 Å². The van der Waals surface area contributed by atoms with Gasteiger partial charge >= 0.3 is 0 Å². The van der Waals surface area contributed by atoms with E-state index < -0.39 is 11.3 Å². The molecule has 2 amide bonds. The Balaban J connectivity index is 1.64. The number of para-hydroxylation sites is 1. The van der Waals surface area contributed by atoms with Crippen LogP contribution >= 0.6 is 11.3 Å². The zero-order valence-corrected chi connectivity index (χ0v) is 15.0. The normalized spacial score (nSPS) is 22.8. The molecule has 0 aliphatic carbocycles. The molecule has 0 unspecified atom stereocenters. The Morgan fingerprint density at radius 1 is 1.32 bits per heavy atom. The molecule has 1 atom stereocenters. The SMILES string of the molecule is Cc1ccsc1CN1CC[C@]2(C1)C(=O)N(CC(N)=O)c1ccccc12. The van der Waals surface area contributed by atoms with Crippen LogP contribution in [0, 0.1) is 6.92 Å². The van der Waals surface area contributed by atoms with Gasteiger partial charge in [-0.1, -0.05) is 18.2 Å². The number of hydrogen-bond donors (Lipinski definition) is 1. The van der Waals surface area contributed by atoms with Gasteiger partial charge in [-0.25, -0.2) is 0 Å². The molecule has 2 aliphatic heterocycles. The third kappa shape index (κ3) is 2.56. The Bertz CT molecular complexity index is 847. The fraction of sp³-hybridized carbons (Fsp3) is 0.368. The maximum absolute atomic E-state index is 13.2. The number of hydrogen-bond acceptors (Lipinski definition) is 4. The monoisotopic (exact) mass is 355 g/mol. The highest BCUT2D eigenvalue weighted by atomic mass is 32.1. The van der Waals surface area contributed by atoms with Crippen LogP contribution in [-0.4, -0.2) is 36.3 Å². The summed E-state index contributed by atoms with van der Waals surface area (Å²) in [5.41, 5.74) is 8.00. The first-order chi connectivity index (χ1) is 12.0. The van der Waals surface area contributed by atoms with Crippen LogP contribution in [-0.2, 0) is 21.5 Å². The van der Waals surface area contributed by atoms with Crippen LogP contribution in [0.15, 0.2) is 35.7 Å². The fourth-order valence-corrected chi connectivity index (χ4v) is 5.04. The summed E-state index contributed by atoms with van der Waals surface area (Å²) in [6.45, 7) is 4.51. The number of aryl methyl sites for hydroxylation is 1. The van der Waals surface area contributed by atoms with E-state index in [4.69, 9.17) is 5.73 Å². The first-order valence-corrected chi connectivity index (χ1v) is 9.34. The molecule has 2 N–H and O–H groups in total. The van der Waals surface area contributed by atoms with Crippen molar-refractivity contribution in [2.75, 3.05) is 24.5 Å². The van der Waals surface area contributed by atoms with Gasteiger partial charge in [0, 0.05) is 23.7 Å². The molecule has 5 nitrogen and oxygen atoms in total. The van der Waals surface area contributed by atoms with Crippen molar-refractivity contribution in [3.8, 4) is 0 Å². The first-order valence-electron chi connectivity index (χ1n) is 8.46. The minimum absolute atomic E-state index is 0.0119. The Kier molecular flexibility index (Phi) is 3.89. The van der Waals surface area contributed by atoms with Crippen LogP contribution in [0.5, 0.6) is 0 Å². The third-order valence-corrected chi connectivity index (χ3v) is 6.37. The third-order valence-electron chi connectivity index (χ3n) is 5.36. The summed E-state index contributed by atoms with van der Waals surface area (Å²) < 4.78 is 0. The number of carbonyl (C=O) groups is 2. The Morgan fingerprint density at radius 3 is 2.84 bits per heavy atom. The van der Waals surface area contributed by atoms with Gasteiger partial charge in [0.2, 0.25) is 11.8 Å². The molecular formula is C19H21N3O2S. The summed E-state index contributed by atoms with van der Waals surface area (Å²) in [5, 5.41) is 2.11. The number of primary amides is 1. The van der Waals surface area contributed by atoms with E-state index in [-0.39, 0.29) is 12.5 Å². The molecule has 0 radical (unpaired) electrons. The van der Waals surface area contributed by atoms with Crippen molar-refractivity contribution in [1.29, 1.82) is 0 Å². The summed E-state index contributed by atoms with van der Waals surface area (Å²) in [5.74, 6) is -0.470. The van der Waals surface area contributed by atoms with Crippen molar-refractivity contribution < 1.29 is 9.59 Å². The van der Waals surface area contributed by atoms with E-state index in [9.17, 15) is 9.59 Å². The lowest BCUT2D eigenvalue weighted by atomic mass is 9.81. The van der Waals surface area contributed by atoms with Gasteiger partial charge in [-0.2, -0.15) is 0 Å². The zero-order valence-electron chi connectivity index (χ0n) is 14.2. The smallest absolute Gasteiger partial charge is 0.239 e. The van der Waals surface area contributed by atoms with Gasteiger partial charge in [0.05, 0.1) is 5.41 Å². The molecule has 130 valence electrons. The molecule has 1 spiro atoms. The van der Waals surface area contributed by atoms with Crippen molar-refractivity contribution in [2.24, 2.45) is 5.73 Å². The van der Waals surface area contributed by atoms with Gasteiger partial charge in [-0.15, -0.1) is 11.3 Å². The molecular weight excluding hydrogens is 334 g/mol. The number of rotatable bonds is 4. The van der Waals surface area contributed by atoms with Crippen molar-refractivity contribution in [3.63, 3.8) is 0 Å². The largest absolute Gasteiger partial charge is 0.368 e. The maximum Gasteiger partial charge on any atom is 0.239 e. The number of carbonyl (C=O) groups excluding carboxylic acids is 2. The standard InChI is InChI=1S/C19H21N3O2S/c1-13-6-9-25-16(13)10-21-8-7-19(12-21)14-4-2-3-5-15(14)22(18(19)24)11-17(20)23/h2-6,9H,7-8,10-12H2,1H3,(H2,20,23)/t19-/m1/s1. The number of amides is 2. The Labute approximate surface area is 151 Å². The van der Waals surface area contributed by atoms with Crippen LogP contribution in [0.3, 0.4) is 0 Å². The van der Waals surface area contributed by atoms with Crippen molar-refractivity contribution in [3.05, 3.63) is 51.7 Å². The lowest BCUT2D eigenvalue weighted by molar-refractivity contribution is -0.125. The molecule has 2 aliphatic rings. The van der Waals surface area contributed by atoms with Crippen molar-refractivity contribution >= 4 is 28.8 Å². The molecule has 1 aromatic carbocycles. The van der Waals surface area contributed by atoms with Gasteiger partial charge in [0.1, 0.15) is 6.54 Å². The van der Waals surface area contributed by atoms with Gasteiger partial charge in [0.25, 0.3) is 0 Å². The summed E-state index contributed by atoms with van der Waals surface area (Å²) in [6.07, 6.45) is 0.780. The van der Waals surface area contributed by atoms with Gasteiger partial charge in [0.15, 0.2) is 0 Å². The Hall–Kier alpha value is -2.18. The van der Waals surface area contributed by atoms with E-state index in [1.807, 2.05) is 24.3 Å². The second kappa shape index (κ2) is 5.97. The van der Waals surface area contributed by atoms with Crippen LogP contribution in [0.4, 0.5) is 5.69 Å². The maximum atomic E-state index is 13.2. The van der Waals surface area contributed by atoms with Gasteiger partial charge in [-0.05, 0) is 48.5 Å². The molecule has 6 heteroatoms. The summed E-state index contributed by atoms with van der Waals surface area (Å²) in [4.78, 5) is 29.9. The number of benzene rings is 1. The molecule has 1 saturated heterocycles. The van der Waals surface area contributed by atoms with Gasteiger partial charge < -0.3 is 10.6 Å². The minimum Gasteiger partial charge on any atom is -0.368 e. The second-order valence-corrected chi connectivity index (χ2v) is 7.94. The van der Waals surface area contributed by atoms with E-state index in [2.05, 4.69) is 23.3 Å². The highest BCUT2D eigenvalue weighted by molar-refractivity contribution is 7.10. The number of nitrogens with zero attached hydrogens (tertiary/aromatic N) is 2. The average Bonchev–Trinajstić information content (AvgIpc) is 3.25. The molecule has 3 heterocycles. The van der Waals surface area contributed by atoms with E-state index in [1.54, 1.807) is 16.2 Å². The van der Waals surface area contributed by atoms with E-state index in [0.717, 1.165) is 30.8 Å². The molecule has 4 rings (SSSR count). The van der Waals surface area contributed by atoms with Crippen LogP contribution in [0.25, 0.3) is 0 Å². The molecule has 25 heavy (non-hydrogen) atoms. The first kappa shape index (κ1) is 16.3. The van der Waals surface area contributed by atoms with Crippen molar-refractivity contribution in [2.45, 2.75) is 25.3 Å². The summed E-state index contributed by atoms with van der Waals surface area (Å²) in [6, 6.07) is 9.94. The minimum atomic E-state index is -0.544. The number of nitrogens with two attached hydrogens (primary N) is 1. The fourth-order valence-electron chi connectivity index (χ4n) is 4.10. The predicted octanol–water partition coefficient (Wildman–Crippen LogP) is 2.03. The zero-order chi connectivity index (χ0) is 17.6. The summed E-state index contributed by atoms with van der Waals surface area (Å²) >= 11 is 1.76. The van der Waals surface area contributed by atoms with E-state index >= 15 is 0 Å². The molecule has 1 fully saturated rings. The van der Waals surface area contributed by atoms with Crippen LogP contribution in [0.2, 0.25) is 0 Å².